The zero-order valence-electron chi connectivity index (χ0n) is 8.19. The third kappa shape index (κ3) is 2.44. The first-order valence-electron chi connectivity index (χ1n) is 4.55. The molecule has 0 saturated carbocycles. The van der Waals surface area contributed by atoms with Gasteiger partial charge < -0.3 is 5.73 Å². The van der Waals surface area contributed by atoms with Gasteiger partial charge in [0, 0.05) is 0 Å². The first kappa shape index (κ1) is 10.5. The van der Waals surface area contributed by atoms with E-state index in [2.05, 4.69) is 13.2 Å². The van der Waals surface area contributed by atoms with Crippen LogP contribution in [0.15, 0.2) is 67.3 Å². The van der Waals surface area contributed by atoms with Gasteiger partial charge in [-0.05, 0) is 11.1 Å². The maximum Gasteiger partial charge on any atom is 0.0551 e. The molecule has 0 amide bonds. The normalized spacial score (nSPS) is 13.4. The van der Waals surface area contributed by atoms with Crippen molar-refractivity contribution in [2.45, 2.75) is 6.04 Å². The molecule has 72 valence electrons. The zero-order chi connectivity index (χ0) is 10.4. The molecule has 0 aliphatic rings. The fraction of sp³-hybridized carbons (Fsp3) is 0.0769. The van der Waals surface area contributed by atoms with E-state index in [0.717, 1.165) is 11.1 Å². The molecule has 0 aliphatic carbocycles. The van der Waals surface area contributed by atoms with Crippen molar-refractivity contribution in [3.05, 3.63) is 72.9 Å². The Morgan fingerprint density at radius 3 is 2.36 bits per heavy atom. The second-order valence-corrected chi connectivity index (χ2v) is 2.99. The largest absolute Gasteiger partial charge is 0.320 e. The Labute approximate surface area is 85.3 Å². The van der Waals surface area contributed by atoms with Gasteiger partial charge in [-0.3, -0.25) is 0 Å². The summed E-state index contributed by atoms with van der Waals surface area (Å²) in [4.78, 5) is 0. The second-order valence-electron chi connectivity index (χ2n) is 2.99. The van der Waals surface area contributed by atoms with E-state index in [1.165, 1.54) is 0 Å². The average molecular weight is 185 g/mol. The molecule has 1 rings (SSSR count). The van der Waals surface area contributed by atoms with Gasteiger partial charge in [0.05, 0.1) is 6.04 Å². The van der Waals surface area contributed by atoms with Crippen molar-refractivity contribution in [3.8, 4) is 0 Å². The van der Waals surface area contributed by atoms with Crippen LogP contribution in [-0.2, 0) is 0 Å². The highest BCUT2D eigenvalue weighted by Crippen LogP contribution is 2.19. The molecule has 1 aromatic rings. The SMILES string of the molecule is C=C/C=C(\C=C)C(N)c1ccccc1. The smallest absolute Gasteiger partial charge is 0.0551 e. The molecule has 2 N–H and O–H groups in total. The number of rotatable bonds is 4. The van der Waals surface area contributed by atoms with Gasteiger partial charge in [0.25, 0.3) is 0 Å². The summed E-state index contributed by atoms with van der Waals surface area (Å²) in [5.41, 5.74) is 8.11. The fourth-order valence-corrected chi connectivity index (χ4v) is 1.29. The molecule has 1 heteroatoms. The highest BCUT2D eigenvalue weighted by molar-refractivity contribution is 5.34. The van der Waals surface area contributed by atoms with E-state index >= 15 is 0 Å². The van der Waals surface area contributed by atoms with Gasteiger partial charge in [-0.25, -0.2) is 0 Å². The van der Waals surface area contributed by atoms with Crippen LogP contribution in [0.2, 0.25) is 0 Å². The fourth-order valence-electron chi connectivity index (χ4n) is 1.29. The molecule has 0 radical (unpaired) electrons. The molecule has 0 fully saturated rings. The number of nitrogens with two attached hydrogens (primary N) is 1. The van der Waals surface area contributed by atoms with Crippen LogP contribution in [0.1, 0.15) is 11.6 Å². The standard InChI is InChI=1S/C13H15N/c1-3-8-11(4-2)13(14)12-9-6-5-7-10-12/h3-10,13H,1-2,14H2/b11-8+. The summed E-state index contributed by atoms with van der Waals surface area (Å²) in [7, 11) is 0. The van der Waals surface area contributed by atoms with Crippen molar-refractivity contribution in [1.82, 2.24) is 0 Å². The van der Waals surface area contributed by atoms with Gasteiger partial charge in [0.2, 0.25) is 0 Å². The summed E-state index contributed by atoms with van der Waals surface area (Å²) in [5, 5.41) is 0. The summed E-state index contributed by atoms with van der Waals surface area (Å²) in [5.74, 6) is 0. The van der Waals surface area contributed by atoms with Gasteiger partial charge in [-0.15, -0.1) is 0 Å². The van der Waals surface area contributed by atoms with Gasteiger partial charge in [-0.1, -0.05) is 61.7 Å². The number of benzene rings is 1. The molecule has 14 heavy (non-hydrogen) atoms. The van der Waals surface area contributed by atoms with E-state index in [-0.39, 0.29) is 6.04 Å². The summed E-state index contributed by atoms with van der Waals surface area (Å²) < 4.78 is 0. The van der Waals surface area contributed by atoms with Crippen molar-refractivity contribution in [2.75, 3.05) is 0 Å². The van der Waals surface area contributed by atoms with Crippen LogP contribution in [0.4, 0.5) is 0 Å². The van der Waals surface area contributed by atoms with E-state index in [1.54, 1.807) is 12.2 Å². The molecule has 0 spiro atoms. The van der Waals surface area contributed by atoms with Gasteiger partial charge >= 0.3 is 0 Å². The van der Waals surface area contributed by atoms with Crippen LogP contribution in [0, 0.1) is 0 Å². The predicted octanol–water partition coefficient (Wildman–Crippen LogP) is 2.98. The van der Waals surface area contributed by atoms with E-state index in [1.807, 2.05) is 36.4 Å². The average Bonchev–Trinajstić information content (AvgIpc) is 2.26. The Morgan fingerprint density at radius 1 is 1.21 bits per heavy atom. The lowest BCUT2D eigenvalue weighted by atomic mass is 9.99. The first-order valence-corrected chi connectivity index (χ1v) is 4.55. The minimum absolute atomic E-state index is 0.119. The molecule has 0 saturated heterocycles. The van der Waals surface area contributed by atoms with E-state index in [0.29, 0.717) is 0 Å². The molecule has 0 heterocycles. The minimum Gasteiger partial charge on any atom is -0.320 e. The van der Waals surface area contributed by atoms with E-state index in [4.69, 9.17) is 5.73 Å². The zero-order valence-corrected chi connectivity index (χ0v) is 8.19. The lowest BCUT2D eigenvalue weighted by Gasteiger charge is -2.12. The molecular formula is C13H15N. The minimum atomic E-state index is -0.119. The van der Waals surface area contributed by atoms with Crippen LogP contribution >= 0.6 is 0 Å². The molecule has 0 aromatic heterocycles. The molecule has 1 aromatic carbocycles. The van der Waals surface area contributed by atoms with Crippen LogP contribution in [0.5, 0.6) is 0 Å². The Bertz CT molecular complexity index is 336. The third-order valence-corrected chi connectivity index (χ3v) is 2.06. The monoisotopic (exact) mass is 185 g/mol. The molecular weight excluding hydrogens is 170 g/mol. The van der Waals surface area contributed by atoms with Crippen molar-refractivity contribution >= 4 is 0 Å². The van der Waals surface area contributed by atoms with Gasteiger partial charge in [-0.2, -0.15) is 0 Å². The Balaban J connectivity index is 2.94. The van der Waals surface area contributed by atoms with Crippen LogP contribution in [0.3, 0.4) is 0 Å². The summed E-state index contributed by atoms with van der Waals surface area (Å²) in [6.45, 7) is 7.37. The van der Waals surface area contributed by atoms with E-state index in [9.17, 15) is 0 Å². The van der Waals surface area contributed by atoms with Crippen LogP contribution in [-0.4, -0.2) is 0 Å². The van der Waals surface area contributed by atoms with Crippen LogP contribution < -0.4 is 5.73 Å². The predicted molar refractivity (Wildman–Crippen MR) is 61.8 cm³/mol. The van der Waals surface area contributed by atoms with Crippen molar-refractivity contribution in [1.29, 1.82) is 0 Å². The number of hydrogen-bond acceptors (Lipinski definition) is 1. The topological polar surface area (TPSA) is 26.0 Å². The van der Waals surface area contributed by atoms with Gasteiger partial charge in [0.1, 0.15) is 0 Å². The second kappa shape index (κ2) is 5.20. The van der Waals surface area contributed by atoms with Crippen molar-refractivity contribution in [3.63, 3.8) is 0 Å². The molecule has 1 atom stereocenters. The van der Waals surface area contributed by atoms with Crippen LogP contribution in [0.25, 0.3) is 0 Å². The van der Waals surface area contributed by atoms with Crippen molar-refractivity contribution < 1.29 is 0 Å². The summed E-state index contributed by atoms with van der Waals surface area (Å²) >= 11 is 0. The highest BCUT2D eigenvalue weighted by atomic mass is 14.6. The molecule has 0 aliphatic heterocycles. The Hall–Kier alpha value is -1.60. The summed E-state index contributed by atoms with van der Waals surface area (Å²) in [6, 6.07) is 9.82. The van der Waals surface area contributed by atoms with Gasteiger partial charge in [0.15, 0.2) is 0 Å². The maximum atomic E-state index is 6.05. The van der Waals surface area contributed by atoms with Crippen molar-refractivity contribution in [2.24, 2.45) is 5.73 Å². The Kier molecular flexibility index (Phi) is 3.89. The highest BCUT2D eigenvalue weighted by Gasteiger charge is 2.06. The number of hydrogen-bond donors (Lipinski definition) is 1. The number of allylic oxidation sites excluding steroid dienone is 2. The summed E-state index contributed by atoms with van der Waals surface area (Å²) in [6.07, 6.45) is 5.36. The first-order chi connectivity index (χ1) is 6.79. The maximum absolute atomic E-state index is 6.05. The molecule has 1 nitrogen and oxygen atoms in total. The molecule has 1 unspecified atom stereocenters. The van der Waals surface area contributed by atoms with E-state index < -0.39 is 0 Å². The third-order valence-electron chi connectivity index (χ3n) is 2.06. The lowest BCUT2D eigenvalue weighted by molar-refractivity contribution is 0.871. The Morgan fingerprint density at radius 2 is 1.86 bits per heavy atom. The quantitative estimate of drug-likeness (QED) is 0.717. The lowest BCUT2D eigenvalue weighted by Crippen LogP contribution is -2.11. The molecule has 0 bridgehead atoms.